The van der Waals surface area contributed by atoms with Crippen molar-refractivity contribution in [3.05, 3.63) is 28.2 Å². The fourth-order valence-corrected chi connectivity index (χ4v) is 3.33. The molecule has 2 N–H and O–H groups in total. The van der Waals surface area contributed by atoms with E-state index in [0.717, 1.165) is 47.8 Å². The van der Waals surface area contributed by atoms with Gasteiger partial charge in [-0.1, -0.05) is 22.9 Å². The van der Waals surface area contributed by atoms with E-state index in [-0.39, 0.29) is 18.3 Å². The molecule has 1 saturated heterocycles. The molecule has 1 aromatic carbocycles. The molecule has 1 aromatic rings. The van der Waals surface area contributed by atoms with E-state index < -0.39 is 0 Å². The van der Waals surface area contributed by atoms with Crippen molar-refractivity contribution in [1.29, 1.82) is 0 Å². The van der Waals surface area contributed by atoms with Crippen molar-refractivity contribution in [1.82, 2.24) is 10.2 Å². The predicted octanol–water partition coefficient (Wildman–Crippen LogP) is 3.44. The average molecular weight is 405 g/mol. The minimum Gasteiger partial charge on any atom is -0.325 e. The van der Waals surface area contributed by atoms with Gasteiger partial charge in [-0.3, -0.25) is 9.69 Å². The molecule has 1 aliphatic heterocycles. The van der Waals surface area contributed by atoms with E-state index in [4.69, 9.17) is 0 Å². The summed E-state index contributed by atoms with van der Waals surface area (Å²) in [6.07, 6.45) is 2.36. The number of hydrogen-bond donors (Lipinski definition) is 2. The summed E-state index contributed by atoms with van der Waals surface area (Å²) in [7, 11) is 0. The van der Waals surface area contributed by atoms with Gasteiger partial charge in [0.25, 0.3) is 0 Å². The molecule has 0 unspecified atom stereocenters. The zero-order valence-corrected chi connectivity index (χ0v) is 16.3. The number of nitrogens with one attached hydrogen (secondary N) is 2. The molecule has 1 amide bonds. The number of halogens is 2. The van der Waals surface area contributed by atoms with Crippen molar-refractivity contribution < 1.29 is 4.79 Å². The number of amides is 1. The first-order chi connectivity index (χ1) is 10.6. The lowest BCUT2D eigenvalue weighted by molar-refractivity contribution is -0.117. The van der Waals surface area contributed by atoms with Crippen LogP contribution in [0.5, 0.6) is 0 Å². The Hall–Kier alpha value is -0.620. The summed E-state index contributed by atoms with van der Waals surface area (Å²) >= 11 is 3.44. The lowest BCUT2D eigenvalue weighted by Gasteiger charge is -2.31. The Bertz CT molecular complexity index is 505. The number of likely N-dealkylation sites (tertiary alicyclic amines) is 1. The van der Waals surface area contributed by atoms with Gasteiger partial charge >= 0.3 is 0 Å². The molecule has 0 bridgehead atoms. The van der Waals surface area contributed by atoms with Gasteiger partial charge in [0, 0.05) is 10.2 Å². The number of benzene rings is 1. The van der Waals surface area contributed by atoms with Gasteiger partial charge in [-0.05, 0) is 75.6 Å². The second-order valence-corrected chi connectivity index (χ2v) is 6.95. The average Bonchev–Trinajstić information content (AvgIpc) is 2.49. The maximum absolute atomic E-state index is 12.2. The number of aryl methyl sites for hydroxylation is 1. The summed E-state index contributed by atoms with van der Waals surface area (Å²) in [5.41, 5.74) is 1.97. The Morgan fingerprint density at radius 3 is 2.65 bits per heavy atom. The van der Waals surface area contributed by atoms with Gasteiger partial charge in [-0.25, -0.2) is 0 Å². The monoisotopic (exact) mass is 403 g/mol. The first-order valence-electron chi connectivity index (χ1n) is 8.07. The van der Waals surface area contributed by atoms with Crippen molar-refractivity contribution in [3.8, 4) is 0 Å². The standard InChI is InChI=1S/C17H26BrN3O.ClH/c1-3-19-11-14-6-8-21(9-7-14)12-17(22)20-16-5-4-15(18)10-13(16)2;/h4-5,10,14,19H,3,6-9,11-12H2,1-2H3,(H,20,22);1H. The van der Waals surface area contributed by atoms with Crippen molar-refractivity contribution in [2.75, 3.05) is 38.0 Å². The lowest BCUT2D eigenvalue weighted by Crippen LogP contribution is -2.41. The van der Waals surface area contributed by atoms with Crippen molar-refractivity contribution in [2.24, 2.45) is 5.92 Å². The van der Waals surface area contributed by atoms with Crippen LogP contribution >= 0.6 is 28.3 Å². The number of rotatable bonds is 6. The highest BCUT2D eigenvalue weighted by atomic mass is 79.9. The molecular weight excluding hydrogens is 378 g/mol. The largest absolute Gasteiger partial charge is 0.325 e. The zero-order valence-electron chi connectivity index (χ0n) is 13.9. The first-order valence-corrected chi connectivity index (χ1v) is 8.87. The molecule has 6 heteroatoms. The zero-order chi connectivity index (χ0) is 15.9. The summed E-state index contributed by atoms with van der Waals surface area (Å²) in [6.45, 7) is 8.81. The van der Waals surface area contributed by atoms with E-state index in [1.54, 1.807) is 0 Å². The number of anilines is 1. The molecule has 2 rings (SSSR count). The van der Waals surface area contributed by atoms with Crippen LogP contribution in [0.2, 0.25) is 0 Å². The van der Waals surface area contributed by atoms with Crippen LogP contribution in [0.1, 0.15) is 25.3 Å². The Kier molecular flexibility index (Phi) is 9.14. The third-order valence-electron chi connectivity index (χ3n) is 4.22. The van der Waals surface area contributed by atoms with E-state index >= 15 is 0 Å². The Labute approximate surface area is 153 Å². The molecule has 0 spiro atoms. The highest BCUT2D eigenvalue weighted by Crippen LogP contribution is 2.20. The van der Waals surface area contributed by atoms with Gasteiger partial charge in [0.15, 0.2) is 0 Å². The molecule has 130 valence electrons. The van der Waals surface area contributed by atoms with E-state index in [9.17, 15) is 4.79 Å². The maximum atomic E-state index is 12.2. The number of piperidine rings is 1. The van der Waals surface area contributed by atoms with Crippen LogP contribution in [-0.4, -0.2) is 43.5 Å². The van der Waals surface area contributed by atoms with Crippen LogP contribution < -0.4 is 10.6 Å². The van der Waals surface area contributed by atoms with Crippen molar-refractivity contribution in [3.63, 3.8) is 0 Å². The van der Waals surface area contributed by atoms with E-state index in [0.29, 0.717) is 6.54 Å². The molecule has 0 saturated carbocycles. The normalized spacial score (nSPS) is 16.0. The lowest BCUT2D eigenvalue weighted by atomic mass is 9.97. The molecule has 4 nitrogen and oxygen atoms in total. The Morgan fingerprint density at radius 2 is 2.04 bits per heavy atom. The topological polar surface area (TPSA) is 44.4 Å². The van der Waals surface area contributed by atoms with Crippen molar-refractivity contribution in [2.45, 2.75) is 26.7 Å². The quantitative estimate of drug-likeness (QED) is 0.763. The molecule has 0 radical (unpaired) electrons. The molecule has 1 fully saturated rings. The minimum absolute atomic E-state index is 0. The Balaban J connectivity index is 0.00000264. The second kappa shape index (κ2) is 10.3. The predicted molar refractivity (Wildman–Crippen MR) is 102 cm³/mol. The summed E-state index contributed by atoms with van der Waals surface area (Å²) in [5.74, 6) is 0.837. The smallest absolute Gasteiger partial charge is 0.238 e. The van der Waals surface area contributed by atoms with E-state index in [1.807, 2.05) is 25.1 Å². The van der Waals surface area contributed by atoms with Gasteiger partial charge in [0.1, 0.15) is 0 Å². The van der Waals surface area contributed by atoms with Gasteiger partial charge < -0.3 is 10.6 Å². The molecule has 1 heterocycles. The van der Waals surface area contributed by atoms with Crippen LogP contribution in [0.15, 0.2) is 22.7 Å². The van der Waals surface area contributed by atoms with Crippen LogP contribution in [-0.2, 0) is 4.79 Å². The first kappa shape index (κ1) is 20.4. The SMILES string of the molecule is CCNCC1CCN(CC(=O)Nc2ccc(Br)cc2C)CC1.Cl. The summed E-state index contributed by atoms with van der Waals surface area (Å²) in [6, 6.07) is 5.91. The number of carbonyl (C=O) groups is 1. The third-order valence-corrected chi connectivity index (χ3v) is 4.71. The van der Waals surface area contributed by atoms with Crippen LogP contribution in [0.25, 0.3) is 0 Å². The maximum Gasteiger partial charge on any atom is 0.238 e. The highest BCUT2D eigenvalue weighted by molar-refractivity contribution is 9.10. The summed E-state index contributed by atoms with van der Waals surface area (Å²) < 4.78 is 1.03. The van der Waals surface area contributed by atoms with Gasteiger partial charge in [0.05, 0.1) is 6.54 Å². The van der Waals surface area contributed by atoms with Crippen LogP contribution in [0, 0.1) is 12.8 Å². The highest BCUT2D eigenvalue weighted by Gasteiger charge is 2.20. The van der Waals surface area contributed by atoms with Crippen molar-refractivity contribution >= 4 is 39.9 Å². The Morgan fingerprint density at radius 1 is 1.35 bits per heavy atom. The second-order valence-electron chi connectivity index (χ2n) is 6.03. The van der Waals surface area contributed by atoms with Crippen LogP contribution in [0.3, 0.4) is 0 Å². The number of carbonyl (C=O) groups excluding carboxylic acids is 1. The fourth-order valence-electron chi connectivity index (χ4n) is 2.86. The van der Waals surface area contributed by atoms with Gasteiger partial charge in [-0.15, -0.1) is 12.4 Å². The third kappa shape index (κ3) is 6.79. The van der Waals surface area contributed by atoms with Gasteiger partial charge in [0.2, 0.25) is 5.91 Å². The molecule has 1 aliphatic rings. The summed E-state index contributed by atoms with van der Waals surface area (Å²) in [5, 5.41) is 6.43. The van der Waals surface area contributed by atoms with E-state index in [2.05, 4.69) is 38.4 Å². The number of nitrogens with zero attached hydrogens (tertiary/aromatic N) is 1. The molecule has 0 aliphatic carbocycles. The van der Waals surface area contributed by atoms with E-state index in [1.165, 1.54) is 12.8 Å². The molecule has 0 aromatic heterocycles. The molecule has 0 atom stereocenters. The fraction of sp³-hybridized carbons (Fsp3) is 0.588. The molecular formula is C17H27BrClN3O. The minimum atomic E-state index is 0. The van der Waals surface area contributed by atoms with Crippen LogP contribution in [0.4, 0.5) is 5.69 Å². The summed E-state index contributed by atoms with van der Waals surface area (Å²) in [4.78, 5) is 14.5. The molecule has 23 heavy (non-hydrogen) atoms. The van der Waals surface area contributed by atoms with Gasteiger partial charge in [-0.2, -0.15) is 0 Å². The number of hydrogen-bond acceptors (Lipinski definition) is 3.